The highest BCUT2D eigenvalue weighted by molar-refractivity contribution is 7.93. The van der Waals surface area contributed by atoms with Gasteiger partial charge in [0.05, 0.1) is 24.3 Å². The molecule has 11 nitrogen and oxygen atoms in total. The predicted molar refractivity (Wildman–Crippen MR) is 161 cm³/mol. The van der Waals surface area contributed by atoms with Crippen molar-refractivity contribution in [1.29, 1.82) is 0 Å². The van der Waals surface area contributed by atoms with Crippen molar-refractivity contribution in [3.8, 4) is 17.1 Å². The molecule has 41 heavy (non-hydrogen) atoms. The zero-order valence-corrected chi connectivity index (χ0v) is 27.0. The highest BCUT2D eigenvalue weighted by atomic mass is 32.2. The summed E-state index contributed by atoms with van der Waals surface area (Å²) in [7, 11) is -5.81. The minimum atomic E-state index is -4.11. The molecule has 0 spiro atoms. The lowest BCUT2D eigenvalue weighted by atomic mass is 10.1. The average molecular weight is 603 g/mol. The Hall–Kier alpha value is -2.87. The first-order valence-corrected chi connectivity index (χ1v) is 19.2. The van der Waals surface area contributed by atoms with Gasteiger partial charge in [0.1, 0.15) is 23.7 Å². The molecule has 0 saturated carbocycles. The summed E-state index contributed by atoms with van der Waals surface area (Å²) in [6.07, 6.45) is 2.13. The average Bonchev–Trinajstić information content (AvgIpc) is 3.25. The number of aliphatic hydroxyl groups is 1. The fourth-order valence-corrected chi connectivity index (χ4v) is 7.33. The van der Waals surface area contributed by atoms with Crippen molar-refractivity contribution in [3.05, 3.63) is 47.5 Å². The molecule has 4 rings (SSSR count). The van der Waals surface area contributed by atoms with Crippen LogP contribution in [0.1, 0.15) is 49.9 Å². The second-order valence-electron chi connectivity index (χ2n) is 12.2. The number of nitrogens with zero attached hydrogens (tertiary/aromatic N) is 6. The largest absolute Gasteiger partial charge is 0.491 e. The number of aliphatic hydroxyl groups excluding tert-OH is 1. The smallest absolute Gasteiger partial charge is 0.243 e. The molecule has 0 unspecified atom stereocenters. The minimum absolute atomic E-state index is 0.137. The van der Waals surface area contributed by atoms with Crippen LogP contribution in [0, 0.1) is 13.8 Å². The molecule has 3 atom stereocenters. The number of sulfonamides is 1. The van der Waals surface area contributed by atoms with Crippen molar-refractivity contribution >= 4 is 24.0 Å². The fourth-order valence-electron chi connectivity index (χ4n) is 4.67. The van der Waals surface area contributed by atoms with Gasteiger partial charge in [-0.2, -0.15) is 0 Å². The maximum absolute atomic E-state index is 14.6. The van der Waals surface area contributed by atoms with Crippen LogP contribution >= 0.6 is 0 Å². The molecule has 1 aromatic carbocycles. The van der Waals surface area contributed by atoms with E-state index in [1.807, 2.05) is 45.9 Å². The van der Waals surface area contributed by atoms with Crippen LogP contribution < -0.4 is 9.04 Å². The van der Waals surface area contributed by atoms with Crippen molar-refractivity contribution in [2.45, 2.75) is 83.8 Å². The quantitative estimate of drug-likeness (QED) is 0.319. The summed E-state index contributed by atoms with van der Waals surface area (Å²) in [4.78, 5) is 8.84. The molecule has 1 aliphatic heterocycles. The maximum Gasteiger partial charge on any atom is 0.243 e. The standard InChI is InChI=1S/C28H42N6O5SSi/c1-18(2)39-25(26-29-14-20(4)15-30-26)21(5)40(36,37)33(11-12-41(6,7)8)28-32-31-27-23-13-19(3)9-10-24(23)38-17-22(16-35)34(27)28/h9-10,13-15,18,21-22,25,35H,11-12,16-17H2,1-8H3/t21-,22+,25+/m0/s1. The number of aryl methyl sites for hydroxylation is 2. The molecule has 1 N–H and O–H groups in total. The van der Waals surface area contributed by atoms with Gasteiger partial charge < -0.3 is 14.6 Å². The van der Waals surface area contributed by atoms with E-state index in [0.29, 0.717) is 29.0 Å². The molecular formula is C28H42N6O5SSi. The van der Waals surface area contributed by atoms with Crippen LogP contribution in [0.2, 0.25) is 25.7 Å². The molecule has 3 aromatic rings. The molecule has 0 saturated heterocycles. The molecule has 1 aliphatic rings. The van der Waals surface area contributed by atoms with Gasteiger partial charge in [-0.15, -0.1) is 10.2 Å². The Morgan fingerprint density at radius 2 is 1.80 bits per heavy atom. The van der Waals surface area contributed by atoms with Crippen LogP contribution in [0.5, 0.6) is 5.75 Å². The first-order chi connectivity index (χ1) is 19.2. The summed E-state index contributed by atoms with van der Waals surface area (Å²) in [6.45, 7) is 15.8. The Balaban J connectivity index is 1.87. The van der Waals surface area contributed by atoms with Crippen molar-refractivity contribution in [3.63, 3.8) is 0 Å². The predicted octanol–water partition coefficient (Wildman–Crippen LogP) is 4.31. The molecular weight excluding hydrogens is 560 g/mol. The first kappa shape index (κ1) is 31.1. The van der Waals surface area contributed by atoms with E-state index in [1.165, 1.54) is 4.31 Å². The van der Waals surface area contributed by atoms with Crippen molar-refractivity contribution in [2.75, 3.05) is 24.1 Å². The Kier molecular flexibility index (Phi) is 9.21. The Morgan fingerprint density at radius 3 is 2.41 bits per heavy atom. The van der Waals surface area contributed by atoms with Crippen LogP contribution in [0.25, 0.3) is 11.4 Å². The molecule has 224 valence electrons. The summed E-state index contributed by atoms with van der Waals surface area (Å²) < 4.78 is 44.4. The van der Waals surface area contributed by atoms with E-state index in [4.69, 9.17) is 9.47 Å². The van der Waals surface area contributed by atoms with Crippen LogP contribution in [-0.2, 0) is 14.8 Å². The third kappa shape index (κ3) is 6.79. The van der Waals surface area contributed by atoms with E-state index < -0.39 is 35.5 Å². The highest BCUT2D eigenvalue weighted by Crippen LogP contribution is 2.39. The topological polar surface area (TPSA) is 133 Å². The van der Waals surface area contributed by atoms with Gasteiger partial charge in [0.15, 0.2) is 11.6 Å². The summed E-state index contributed by atoms with van der Waals surface area (Å²) in [5, 5.41) is 18.3. The third-order valence-corrected chi connectivity index (χ3v) is 10.9. The molecule has 3 heterocycles. The second-order valence-corrected chi connectivity index (χ2v) is 20.0. The number of hydrogen-bond acceptors (Lipinski definition) is 9. The summed E-state index contributed by atoms with van der Waals surface area (Å²) >= 11 is 0. The Morgan fingerprint density at radius 1 is 1.12 bits per heavy atom. The van der Waals surface area contributed by atoms with Gasteiger partial charge in [-0.25, -0.2) is 22.7 Å². The van der Waals surface area contributed by atoms with Gasteiger partial charge >= 0.3 is 0 Å². The third-order valence-electron chi connectivity index (χ3n) is 7.03. The first-order valence-electron chi connectivity index (χ1n) is 14.0. The van der Waals surface area contributed by atoms with Crippen molar-refractivity contribution < 1.29 is 23.0 Å². The molecule has 0 amide bonds. The van der Waals surface area contributed by atoms with E-state index in [-0.39, 0.29) is 31.8 Å². The van der Waals surface area contributed by atoms with E-state index in [1.54, 1.807) is 23.9 Å². The van der Waals surface area contributed by atoms with Crippen molar-refractivity contribution in [1.82, 2.24) is 24.7 Å². The van der Waals surface area contributed by atoms with Crippen LogP contribution in [0.15, 0.2) is 30.6 Å². The van der Waals surface area contributed by atoms with Crippen LogP contribution in [-0.4, -0.2) is 77.4 Å². The zero-order chi connectivity index (χ0) is 30.1. The lowest BCUT2D eigenvalue weighted by molar-refractivity contribution is 0.00139. The Bertz CT molecular complexity index is 1460. The maximum atomic E-state index is 14.6. The van der Waals surface area contributed by atoms with Crippen molar-refractivity contribution in [2.24, 2.45) is 0 Å². The van der Waals surface area contributed by atoms with Crippen LogP contribution in [0.4, 0.5) is 5.95 Å². The van der Waals surface area contributed by atoms with E-state index in [2.05, 4.69) is 39.8 Å². The SMILES string of the molecule is Cc1cnc([C@H](OC(C)C)[C@H](C)S(=O)(=O)N(CC[Si](C)(C)C)c2nnc3n2[C@H](CO)COc2ccc(C)cc2-3)nc1. The number of hydrogen-bond donors (Lipinski definition) is 1. The summed E-state index contributed by atoms with van der Waals surface area (Å²) in [5.74, 6) is 1.51. The van der Waals surface area contributed by atoms with Gasteiger partial charge in [0, 0.05) is 27.0 Å². The number of aromatic nitrogens is 5. The molecule has 0 fully saturated rings. The number of benzene rings is 1. The zero-order valence-electron chi connectivity index (χ0n) is 25.2. The summed E-state index contributed by atoms with van der Waals surface area (Å²) in [6, 6.07) is 5.83. The van der Waals surface area contributed by atoms with E-state index in [9.17, 15) is 13.5 Å². The normalized spacial score (nSPS) is 16.9. The fraction of sp³-hybridized carbons (Fsp3) is 0.571. The Labute approximate surface area is 244 Å². The van der Waals surface area contributed by atoms with E-state index in [0.717, 1.165) is 11.1 Å². The van der Waals surface area contributed by atoms with E-state index >= 15 is 0 Å². The molecule has 0 aliphatic carbocycles. The highest BCUT2D eigenvalue weighted by Gasteiger charge is 2.42. The number of fused-ring (bicyclic) bond motifs is 3. The van der Waals surface area contributed by atoms with Gasteiger partial charge in [-0.05, 0) is 58.4 Å². The number of rotatable bonds is 11. The molecule has 0 radical (unpaired) electrons. The van der Waals surface area contributed by atoms with Gasteiger partial charge in [-0.1, -0.05) is 31.3 Å². The van der Waals surface area contributed by atoms with Gasteiger partial charge in [0.25, 0.3) is 0 Å². The molecule has 13 heteroatoms. The summed E-state index contributed by atoms with van der Waals surface area (Å²) in [5.41, 5.74) is 2.56. The lowest BCUT2D eigenvalue weighted by Gasteiger charge is -2.33. The van der Waals surface area contributed by atoms with Crippen LogP contribution in [0.3, 0.4) is 0 Å². The number of anilines is 1. The monoisotopic (exact) mass is 602 g/mol. The second kappa shape index (κ2) is 12.2. The minimum Gasteiger partial charge on any atom is -0.491 e. The lowest BCUT2D eigenvalue weighted by Crippen LogP contribution is -2.45. The number of ether oxygens (including phenoxy) is 2. The molecule has 2 aromatic heterocycles. The van der Waals surface area contributed by atoms with Gasteiger partial charge in [0.2, 0.25) is 16.0 Å². The van der Waals surface area contributed by atoms with Gasteiger partial charge in [-0.3, -0.25) is 4.57 Å². The molecule has 0 bridgehead atoms.